The highest BCUT2D eigenvalue weighted by atomic mass is 16.5. The molecule has 22 heavy (non-hydrogen) atoms. The van der Waals surface area contributed by atoms with Gasteiger partial charge in [-0.1, -0.05) is 51.8 Å². The molecule has 0 aromatic heterocycles. The summed E-state index contributed by atoms with van der Waals surface area (Å²) in [5.41, 5.74) is 2.99. The third kappa shape index (κ3) is 2.30. The van der Waals surface area contributed by atoms with Gasteiger partial charge in [-0.05, 0) is 60.8 Å². The van der Waals surface area contributed by atoms with Crippen molar-refractivity contribution >= 4 is 0 Å². The Morgan fingerprint density at radius 1 is 1.18 bits per heavy atom. The van der Waals surface area contributed by atoms with Gasteiger partial charge in [0.05, 0.1) is 0 Å². The van der Waals surface area contributed by atoms with Crippen molar-refractivity contribution in [3.63, 3.8) is 0 Å². The van der Waals surface area contributed by atoms with E-state index in [1.165, 1.54) is 24.8 Å². The monoisotopic (exact) mass is 304 g/mol. The maximum atomic E-state index is 10.0. The lowest BCUT2D eigenvalue weighted by molar-refractivity contribution is -0.196. The highest BCUT2D eigenvalue weighted by Gasteiger charge is 2.56. The molecule has 0 radical (unpaired) electrons. The molecule has 0 heterocycles. The zero-order valence-electron chi connectivity index (χ0n) is 14.6. The van der Waals surface area contributed by atoms with E-state index in [2.05, 4.69) is 39.8 Å². The quantitative estimate of drug-likeness (QED) is 0.741. The Morgan fingerprint density at radius 3 is 2.55 bits per heavy atom. The molecule has 2 nitrogen and oxygen atoms in total. The Kier molecular flexibility index (Phi) is 4.06. The summed E-state index contributed by atoms with van der Waals surface area (Å²) in [6.07, 6.45) is 10.4. The van der Waals surface area contributed by atoms with Crippen LogP contribution in [0, 0.1) is 28.6 Å². The molecule has 0 aromatic carbocycles. The smallest absolute Gasteiger partial charge is 0.157 e. The molecule has 2 N–H and O–H groups in total. The third-order valence-electron chi connectivity index (χ3n) is 7.22. The summed E-state index contributed by atoms with van der Waals surface area (Å²) in [4.78, 5) is 0. The predicted molar refractivity (Wildman–Crippen MR) is 90.1 cm³/mol. The molecule has 1 saturated carbocycles. The van der Waals surface area contributed by atoms with Gasteiger partial charge in [0, 0.05) is 5.41 Å². The first-order chi connectivity index (χ1) is 10.3. The second-order valence-corrected chi connectivity index (χ2v) is 8.70. The molecule has 0 spiro atoms. The van der Waals surface area contributed by atoms with E-state index in [-0.39, 0.29) is 10.8 Å². The molecule has 0 saturated heterocycles. The van der Waals surface area contributed by atoms with Crippen LogP contribution in [0.4, 0.5) is 0 Å². The van der Waals surface area contributed by atoms with Gasteiger partial charge in [0.15, 0.2) is 6.29 Å². The van der Waals surface area contributed by atoms with Crippen molar-refractivity contribution in [2.24, 2.45) is 28.6 Å². The number of hydrogen-bond donors (Lipinski definition) is 2. The van der Waals surface area contributed by atoms with Crippen LogP contribution in [-0.2, 0) is 0 Å². The number of allylic oxidation sites excluding steroid dienone is 4. The van der Waals surface area contributed by atoms with Crippen LogP contribution in [0.3, 0.4) is 0 Å². The lowest BCUT2D eigenvalue weighted by Gasteiger charge is -2.58. The van der Waals surface area contributed by atoms with E-state index < -0.39 is 6.29 Å². The van der Waals surface area contributed by atoms with E-state index >= 15 is 0 Å². The Balaban J connectivity index is 1.98. The first kappa shape index (κ1) is 16.3. The first-order valence-electron chi connectivity index (χ1n) is 9.05. The van der Waals surface area contributed by atoms with Crippen molar-refractivity contribution in [1.82, 2.24) is 0 Å². The van der Waals surface area contributed by atoms with Crippen molar-refractivity contribution in [2.45, 2.75) is 72.5 Å². The van der Waals surface area contributed by atoms with Crippen LogP contribution in [0.1, 0.15) is 66.2 Å². The summed E-state index contributed by atoms with van der Waals surface area (Å²) in [5, 5.41) is 20.0. The predicted octanol–water partition coefficient (Wildman–Crippen LogP) is 4.43. The van der Waals surface area contributed by atoms with Gasteiger partial charge in [0.25, 0.3) is 0 Å². The van der Waals surface area contributed by atoms with Crippen LogP contribution in [0.5, 0.6) is 0 Å². The van der Waals surface area contributed by atoms with Crippen LogP contribution in [0.25, 0.3) is 0 Å². The van der Waals surface area contributed by atoms with Crippen molar-refractivity contribution in [3.05, 3.63) is 23.3 Å². The minimum atomic E-state index is -1.20. The second-order valence-electron chi connectivity index (χ2n) is 8.70. The Morgan fingerprint density at radius 2 is 1.91 bits per heavy atom. The van der Waals surface area contributed by atoms with E-state index in [1.54, 1.807) is 5.57 Å². The molecule has 0 aliphatic heterocycles. The van der Waals surface area contributed by atoms with Crippen LogP contribution in [-0.4, -0.2) is 16.5 Å². The number of aliphatic hydroxyl groups is 2. The van der Waals surface area contributed by atoms with Crippen molar-refractivity contribution in [3.8, 4) is 0 Å². The maximum absolute atomic E-state index is 10.0. The zero-order chi connectivity index (χ0) is 16.1. The molecule has 124 valence electrons. The number of hydrogen-bond acceptors (Lipinski definition) is 2. The zero-order valence-corrected chi connectivity index (χ0v) is 14.6. The molecular weight excluding hydrogens is 272 g/mol. The lowest BCUT2D eigenvalue weighted by atomic mass is 9.46. The molecule has 3 aliphatic rings. The van der Waals surface area contributed by atoms with Gasteiger partial charge in [-0.15, -0.1) is 0 Å². The van der Waals surface area contributed by atoms with Gasteiger partial charge in [-0.2, -0.15) is 0 Å². The summed E-state index contributed by atoms with van der Waals surface area (Å²) in [6.45, 7) is 9.10. The highest BCUT2D eigenvalue weighted by molar-refractivity contribution is 5.35. The fraction of sp³-hybridized carbons (Fsp3) is 0.800. The first-order valence-corrected chi connectivity index (χ1v) is 9.05. The molecule has 0 aromatic rings. The summed E-state index contributed by atoms with van der Waals surface area (Å²) in [7, 11) is 0. The standard InChI is InChI=1S/C20H32O2/c1-13(2)14-6-8-16-15(12-14)7-9-17-19(16,3)10-5-11-20(17,4)18(21)22/h7,12-13,16-18,21-22H,5-6,8-11H2,1-4H3/t16-,17?,19-,20+/m1/s1. The summed E-state index contributed by atoms with van der Waals surface area (Å²) in [6, 6.07) is 0. The fourth-order valence-electron chi connectivity index (χ4n) is 5.70. The number of rotatable bonds is 2. The van der Waals surface area contributed by atoms with Crippen LogP contribution >= 0.6 is 0 Å². The Bertz CT molecular complexity index is 502. The maximum Gasteiger partial charge on any atom is 0.157 e. The number of aliphatic hydroxyl groups excluding tert-OH is 1. The second kappa shape index (κ2) is 5.49. The van der Waals surface area contributed by atoms with Crippen molar-refractivity contribution < 1.29 is 10.2 Å². The SMILES string of the molecule is CC(C)C1=CC2=CCC3[C@@](C)(C(O)O)CCC[C@]3(C)[C@@H]2CC1. The molecule has 3 aliphatic carbocycles. The summed E-state index contributed by atoms with van der Waals surface area (Å²) in [5.74, 6) is 1.63. The third-order valence-corrected chi connectivity index (χ3v) is 7.22. The van der Waals surface area contributed by atoms with Crippen LogP contribution in [0.15, 0.2) is 23.3 Å². The van der Waals surface area contributed by atoms with Gasteiger partial charge >= 0.3 is 0 Å². The van der Waals surface area contributed by atoms with Gasteiger partial charge in [-0.3, -0.25) is 0 Å². The van der Waals surface area contributed by atoms with Gasteiger partial charge in [0.1, 0.15) is 0 Å². The van der Waals surface area contributed by atoms with E-state index in [1.807, 2.05) is 0 Å². The lowest BCUT2D eigenvalue weighted by Crippen LogP contribution is -2.54. The van der Waals surface area contributed by atoms with Crippen molar-refractivity contribution in [1.29, 1.82) is 0 Å². The van der Waals surface area contributed by atoms with E-state index in [0.29, 0.717) is 17.8 Å². The van der Waals surface area contributed by atoms with E-state index in [4.69, 9.17) is 0 Å². The van der Waals surface area contributed by atoms with E-state index in [0.717, 1.165) is 19.3 Å². The molecule has 4 atom stereocenters. The Labute approximate surface area is 135 Å². The molecule has 0 amide bonds. The largest absolute Gasteiger partial charge is 0.368 e. The molecular formula is C20H32O2. The average Bonchev–Trinajstić information content (AvgIpc) is 2.46. The fourth-order valence-corrected chi connectivity index (χ4v) is 5.70. The molecule has 1 fully saturated rings. The van der Waals surface area contributed by atoms with Crippen LogP contribution < -0.4 is 0 Å². The minimum absolute atomic E-state index is 0.222. The molecule has 2 heteroatoms. The number of fused-ring (bicyclic) bond motifs is 3. The van der Waals surface area contributed by atoms with Gasteiger partial charge in [-0.25, -0.2) is 0 Å². The summed E-state index contributed by atoms with van der Waals surface area (Å²) < 4.78 is 0. The Hall–Kier alpha value is -0.600. The normalized spacial score (nSPS) is 41.8. The summed E-state index contributed by atoms with van der Waals surface area (Å²) >= 11 is 0. The van der Waals surface area contributed by atoms with Crippen LogP contribution in [0.2, 0.25) is 0 Å². The molecule has 0 bridgehead atoms. The topological polar surface area (TPSA) is 40.5 Å². The van der Waals surface area contributed by atoms with Gasteiger partial charge in [0.2, 0.25) is 0 Å². The van der Waals surface area contributed by atoms with Crippen molar-refractivity contribution in [2.75, 3.05) is 0 Å². The van der Waals surface area contributed by atoms with E-state index in [9.17, 15) is 10.2 Å². The minimum Gasteiger partial charge on any atom is -0.368 e. The van der Waals surface area contributed by atoms with Gasteiger partial charge < -0.3 is 10.2 Å². The average molecular weight is 304 g/mol. The highest BCUT2D eigenvalue weighted by Crippen LogP contribution is 2.62. The molecule has 3 rings (SSSR count). The molecule has 1 unspecified atom stereocenters.